The summed E-state index contributed by atoms with van der Waals surface area (Å²) >= 11 is 2.99. The van der Waals surface area contributed by atoms with Gasteiger partial charge in [0.05, 0.1) is 24.8 Å². The van der Waals surface area contributed by atoms with Crippen LogP contribution in [-0.2, 0) is 4.74 Å². The van der Waals surface area contributed by atoms with Gasteiger partial charge in [0, 0.05) is 4.90 Å². The molecular formula is C15H17NO3S2. The molecule has 1 aromatic carbocycles. The van der Waals surface area contributed by atoms with Gasteiger partial charge in [-0.1, -0.05) is 6.92 Å². The van der Waals surface area contributed by atoms with Gasteiger partial charge in [0.15, 0.2) is 0 Å². The van der Waals surface area contributed by atoms with Crippen molar-refractivity contribution in [1.29, 1.82) is 0 Å². The highest BCUT2D eigenvalue weighted by Crippen LogP contribution is 2.45. The van der Waals surface area contributed by atoms with Crippen molar-refractivity contribution in [2.45, 2.75) is 11.8 Å². The van der Waals surface area contributed by atoms with Gasteiger partial charge in [-0.05, 0) is 35.6 Å². The van der Waals surface area contributed by atoms with Gasteiger partial charge in [0.25, 0.3) is 0 Å². The molecule has 0 fully saturated rings. The van der Waals surface area contributed by atoms with Gasteiger partial charge < -0.3 is 15.2 Å². The van der Waals surface area contributed by atoms with E-state index in [2.05, 4.69) is 6.92 Å². The fourth-order valence-electron chi connectivity index (χ4n) is 1.89. The monoisotopic (exact) mass is 323 g/mol. The Balaban J connectivity index is 2.52. The molecule has 0 aliphatic rings. The number of anilines is 1. The molecular weight excluding hydrogens is 306 g/mol. The van der Waals surface area contributed by atoms with Crippen LogP contribution in [0, 0.1) is 0 Å². The Morgan fingerprint density at radius 1 is 1.29 bits per heavy atom. The normalized spacial score (nSPS) is 10.4. The van der Waals surface area contributed by atoms with Crippen molar-refractivity contribution in [2.75, 3.05) is 25.7 Å². The van der Waals surface area contributed by atoms with Gasteiger partial charge in [0.1, 0.15) is 10.6 Å². The van der Waals surface area contributed by atoms with Crippen LogP contribution >= 0.6 is 23.1 Å². The van der Waals surface area contributed by atoms with E-state index in [-0.39, 0.29) is 0 Å². The van der Waals surface area contributed by atoms with E-state index >= 15 is 0 Å². The Hall–Kier alpha value is -1.66. The molecule has 0 amide bonds. The maximum Gasteiger partial charge on any atom is 0.350 e. The summed E-state index contributed by atoms with van der Waals surface area (Å²) in [5.41, 5.74) is 7.64. The second-order valence-electron chi connectivity index (χ2n) is 4.16. The number of thioether (sulfide) groups is 1. The molecule has 1 aromatic heterocycles. The van der Waals surface area contributed by atoms with E-state index in [1.54, 1.807) is 18.9 Å². The van der Waals surface area contributed by atoms with Crippen molar-refractivity contribution in [3.63, 3.8) is 0 Å². The third-order valence-electron chi connectivity index (χ3n) is 2.91. The second kappa shape index (κ2) is 6.87. The quantitative estimate of drug-likeness (QED) is 0.668. The van der Waals surface area contributed by atoms with Crippen molar-refractivity contribution >= 4 is 34.8 Å². The Morgan fingerprint density at radius 2 is 1.95 bits per heavy atom. The average molecular weight is 323 g/mol. The van der Waals surface area contributed by atoms with Crippen LogP contribution in [0.25, 0.3) is 10.4 Å². The molecule has 6 heteroatoms. The standard InChI is InChI=1S/C15H17NO3S2/c1-4-20-13-11(16)14(15(17)19-3)21-12(13)9-5-7-10(18-2)8-6-9/h5-8H,4,16H2,1-3H3. The summed E-state index contributed by atoms with van der Waals surface area (Å²) in [7, 11) is 2.99. The molecule has 0 atom stereocenters. The first kappa shape index (κ1) is 15.7. The van der Waals surface area contributed by atoms with E-state index in [0.29, 0.717) is 10.6 Å². The van der Waals surface area contributed by atoms with Gasteiger partial charge in [-0.3, -0.25) is 0 Å². The third kappa shape index (κ3) is 3.16. The Kier molecular flexibility index (Phi) is 5.14. The predicted molar refractivity (Wildman–Crippen MR) is 88.5 cm³/mol. The number of esters is 1. The number of rotatable bonds is 5. The number of thiophene rings is 1. The highest BCUT2D eigenvalue weighted by atomic mass is 32.2. The minimum Gasteiger partial charge on any atom is -0.497 e. The summed E-state index contributed by atoms with van der Waals surface area (Å²) in [6.07, 6.45) is 0. The molecule has 0 aliphatic carbocycles. The Labute approximate surface area is 132 Å². The number of benzene rings is 1. The van der Waals surface area contributed by atoms with Crippen LogP contribution < -0.4 is 10.5 Å². The summed E-state index contributed by atoms with van der Waals surface area (Å²) in [5, 5.41) is 0. The van der Waals surface area contributed by atoms with Crippen molar-refractivity contribution in [2.24, 2.45) is 0 Å². The molecule has 4 nitrogen and oxygen atoms in total. The molecule has 0 radical (unpaired) electrons. The molecule has 0 bridgehead atoms. The zero-order valence-corrected chi connectivity index (χ0v) is 13.8. The molecule has 0 saturated heterocycles. The van der Waals surface area contributed by atoms with Crippen molar-refractivity contribution in [1.82, 2.24) is 0 Å². The van der Waals surface area contributed by atoms with Crippen LogP contribution in [0.3, 0.4) is 0 Å². The highest BCUT2D eigenvalue weighted by Gasteiger charge is 2.22. The maximum atomic E-state index is 11.8. The Bertz CT molecular complexity index is 635. The number of nitrogen functional groups attached to an aromatic ring is 1. The molecule has 0 aliphatic heterocycles. The van der Waals surface area contributed by atoms with Gasteiger partial charge in [0.2, 0.25) is 0 Å². The van der Waals surface area contributed by atoms with Gasteiger partial charge in [-0.15, -0.1) is 23.1 Å². The lowest BCUT2D eigenvalue weighted by molar-refractivity contribution is 0.0607. The molecule has 2 aromatic rings. The summed E-state index contributed by atoms with van der Waals surface area (Å²) in [5.74, 6) is 1.28. The van der Waals surface area contributed by atoms with E-state index in [9.17, 15) is 4.79 Å². The number of methoxy groups -OCH3 is 2. The van der Waals surface area contributed by atoms with Crippen LogP contribution in [-0.4, -0.2) is 25.9 Å². The number of carbonyl (C=O) groups excluding carboxylic acids is 1. The summed E-state index contributed by atoms with van der Waals surface area (Å²) in [4.78, 5) is 14.2. The summed E-state index contributed by atoms with van der Waals surface area (Å²) < 4.78 is 9.96. The van der Waals surface area contributed by atoms with Crippen LogP contribution in [0.1, 0.15) is 16.6 Å². The minimum absolute atomic E-state index is 0.393. The minimum atomic E-state index is -0.393. The van der Waals surface area contributed by atoms with Crippen LogP contribution in [0.4, 0.5) is 5.69 Å². The smallest absolute Gasteiger partial charge is 0.350 e. The van der Waals surface area contributed by atoms with E-state index < -0.39 is 5.97 Å². The third-order valence-corrected chi connectivity index (χ3v) is 5.28. The second-order valence-corrected chi connectivity index (χ2v) is 6.45. The molecule has 2 N–H and O–H groups in total. The zero-order valence-electron chi connectivity index (χ0n) is 12.1. The molecule has 0 saturated carbocycles. The van der Waals surface area contributed by atoms with Crippen LogP contribution in [0.5, 0.6) is 5.75 Å². The van der Waals surface area contributed by atoms with Gasteiger partial charge in [-0.2, -0.15) is 0 Å². The SMILES string of the molecule is CCSc1c(-c2ccc(OC)cc2)sc(C(=O)OC)c1N. The molecule has 21 heavy (non-hydrogen) atoms. The molecule has 1 heterocycles. The summed E-state index contributed by atoms with van der Waals surface area (Å²) in [6.45, 7) is 2.05. The number of carbonyl (C=O) groups is 1. The number of hydrogen-bond acceptors (Lipinski definition) is 6. The fourth-order valence-corrected chi connectivity index (χ4v) is 4.09. The zero-order chi connectivity index (χ0) is 15.4. The lowest BCUT2D eigenvalue weighted by atomic mass is 10.2. The van der Waals surface area contributed by atoms with E-state index in [1.165, 1.54) is 18.4 Å². The number of hydrogen-bond donors (Lipinski definition) is 1. The lowest BCUT2D eigenvalue weighted by Crippen LogP contribution is -2.01. The van der Waals surface area contributed by atoms with E-state index in [1.807, 2.05) is 24.3 Å². The Morgan fingerprint density at radius 3 is 2.48 bits per heavy atom. The van der Waals surface area contributed by atoms with Crippen molar-refractivity contribution in [3.8, 4) is 16.2 Å². The van der Waals surface area contributed by atoms with Crippen molar-refractivity contribution < 1.29 is 14.3 Å². The lowest BCUT2D eigenvalue weighted by Gasteiger charge is -2.05. The van der Waals surface area contributed by atoms with E-state index in [4.69, 9.17) is 15.2 Å². The fraction of sp³-hybridized carbons (Fsp3) is 0.267. The van der Waals surface area contributed by atoms with Crippen LogP contribution in [0.2, 0.25) is 0 Å². The molecule has 0 unspecified atom stereocenters. The largest absolute Gasteiger partial charge is 0.497 e. The predicted octanol–water partition coefficient (Wildman–Crippen LogP) is 3.90. The van der Waals surface area contributed by atoms with Crippen molar-refractivity contribution in [3.05, 3.63) is 29.1 Å². The molecule has 112 valence electrons. The average Bonchev–Trinajstić information content (AvgIpc) is 2.84. The van der Waals surface area contributed by atoms with Gasteiger partial charge >= 0.3 is 5.97 Å². The first-order valence-corrected chi connectivity index (χ1v) is 8.20. The molecule has 0 spiro atoms. The molecule has 2 rings (SSSR count). The van der Waals surface area contributed by atoms with Crippen LogP contribution in [0.15, 0.2) is 29.2 Å². The highest BCUT2D eigenvalue weighted by molar-refractivity contribution is 7.99. The first-order chi connectivity index (χ1) is 10.1. The maximum absolute atomic E-state index is 11.8. The topological polar surface area (TPSA) is 61.5 Å². The first-order valence-electron chi connectivity index (χ1n) is 6.40. The summed E-state index contributed by atoms with van der Waals surface area (Å²) in [6, 6.07) is 7.71. The number of ether oxygens (including phenoxy) is 2. The van der Waals surface area contributed by atoms with E-state index in [0.717, 1.165) is 26.8 Å². The number of nitrogens with two attached hydrogens (primary N) is 1. The van der Waals surface area contributed by atoms with Gasteiger partial charge in [-0.25, -0.2) is 4.79 Å².